The molecule has 0 aliphatic heterocycles. The van der Waals surface area contributed by atoms with Crippen molar-refractivity contribution in [2.24, 2.45) is 0 Å². The fourth-order valence-corrected chi connectivity index (χ4v) is 3.19. The number of hydrogen-bond acceptors (Lipinski definition) is 5. The maximum Gasteiger partial charge on any atom is 0.336 e. The lowest BCUT2D eigenvalue weighted by Crippen LogP contribution is -2.35. The number of sulfonamides is 1. The zero-order chi connectivity index (χ0) is 19.2. The van der Waals surface area contributed by atoms with Gasteiger partial charge >= 0.3 is 5.97 Å². The molecular formula is C17H18N2O6S. The molecule has 26 heavy (non-hydrogen) atoms. The van der Waals surface area contributed by atoms with E-state index in [9.17, 15) is 18.0 Å². The number of methoxy groups -OCH3 is 1. The van der Waals surface area contributed by atoms with Crippen LogP contribution in [0.4, 0.5) is 0 Å². The first-order valence-corrected chi connectivity index (χ1v) is 9.07. The second kappa shape index (κ2) is 8.45. The van der Waals surface area contributed by atoms with Crippen LogP contribution in [0.5, 0.6) is 5.75 Å². The number of carboxylic acids is 1. The number of hydrogen-bond donors (Lipinski definition) is 3. The Morgan fingerprint density at radius 2 is 1.62 bits per heavy atom. The van der Waals surface area contributed by atoms with Crippen molar-refractivity contribution >= 4 is 21.9 Å². The van der Waals surface area contributed by atoms with Gasteiger partial charge in [-0.3, -0.25) is 4.79 Å². The van der Waals surface area contributed by atoms with Gasteiger partial charge in [-0.2, -0.15) is 0 Å². The second-order valence-corrected chi connectivity index (χ2v) is 6.95. The van der Waals surface area contributed by atoms with Crippen molar-refractivity contribution in [3.8, 4) is 5.75 Å². The highest BCUT2D eigenvalue weighted by atomic mass is 32.2. The Balaban J connectivity index is 1.91. The molecule has 1 amide bonds. The van der Waals surface area contributed by atoms with E-state index in [0.29, 0.717) is 5.75 Å². The minimum absolute atomic E-state index is 0.00215. The molecule has 2 aromatic rings. The van der Waals surface area contributed by atoms with Crippen LogP contribution in [0.1, 0.15) is 20.7 Å². The monoisotopic (exact) mass is 378 g/mol. The number of carbonyl (C=O) groups is 2. The maximum absolute atomic E-state index is 12.1. The summed E-state index contributed by atoms with van der Waals surface area (Å²) in [6.45, 7) is -0.0441. The van der Waals surface area contributed by atoms with Gasteiger partial charge in [-0.1, -0.05) is 12.1 Å². The zero-order valence-corrected chi connectivity index (χ0v) is 14.7. The molecule has 0 spiro atoms. The second-order valence-electron chi connectivity index (χ2n) is 5.18. The van der Waals surface area contributed by atoms with Crippen molar-refractivity contribution < 1.29 is 27.9 Å². The van der Waals surface area contributed by atoms with E-state index in [-0.39, 0.29) is 29.1 Å². The van der Waals surface area contributed by atoms with Crippen molar-refractivity contribution in [2.45, 2.75) is 4.90 Å². The summed E-state index contributed by atoms with van der Waals surface area (Å²) >= 11 is 0. The lowest BCUT2D eigenvalue weighted by Gasteiger charge is -2.09. The molecule has 0 unspecified atom stereocenters. The first-order chi connectivity index (χ1) is 12.3. The van der Waals surface area contributed by atoms with E-state index < -0.39 is 21.9 Å². The third kappa shape index (κ3) is 4.80. The largest absolute Gasteiger partial charge is 0.497 e. The minimum atomic E-state index is -3.72. The smallest absolute Gasteiger partial charge is 0.336 e. The van der Waals surface area contributed by atoms with Crippen molar-refractivity contribution in [1.29, 1.82) is 0 Å². The van der Waals surface area contributed by atoms with Crippen LogP contribution in [0.2, 0.25) is 0 Å². The van der Waals surface area contributed by atoms with E-state index in [2.05, 4.69) is 10.0 Å². The van der Waals surface area contributed by atoms with Crippen LogP contribution in [0.3, 0.4) is 0 Å². The average Bonchev–Trinajstić information content (AvgIpc) is 2.65. The van der Waals surface area contributed by atoms with Gasteiger partial charge in [-0.05, 0) is 36.4 Å². The van der Waals surface area contributed by atoms with Gasteiger partial charge in [0.25, 0.3) is 5.91 Å². The Kier molecular flexibility index (Phi) is 6.31. The normalized spacial score (nSPS) is 11.0. The highest BCUT2D eigenvalue weighted by Gasteiger charge is 2.16. The lowest BCUT2D eigenvalue weighted by molar-refractivity contribution is 0.0691. The van der Waals surface area contributed by atoms with Crippen LogP contribution in [-0.4, -0.2) is 45.6 Å². The molecule has 2 aromatic carbocycles. The zero-order valence-electron chi connectivity index (χ0n) is 13.9. The van der Waals surface area contributed by atoms with E-state index in [1.807, 2.05) is 0 Å². The molecule has 0 aliphatic rings. The fraction of sp³-hybridized carbons (Fsp3) is 0.176. The predicted octanol–water partition coefficient (Wildman–Crippen LogP) is 1.10. The van der Waals surface area contributed by atoms with E-state index in [1.165, 1.54) is 49.6 Å². The van der Waals surface area contributed by atoms with Gasteiger partial charge in [0.05, 0.1) is 23.1 Å². The van der Waals surface area contributed by atoms with Crippen molar-refractivity contribution in [3.05, 3.63) is 59.7 Å². The summed E-state index contributed by atoms with van der Waals surface area (Å²) in [6.07, 6.45) is 0. The summed E-state index contributed by atoms with van der Waals surface area (Å²) in [4.78, 5) is 23.2. The summed E-state index contributed by atoms with van der Waals surface area (Å²) < 4.78 is 31.6. The molecule has 3 N–H and O–H groups in total. The van der Waals surface area contributed by atoms with E-state index in [4.69, 9.17) is 9.84 Å². The lowest BCUT2D eigenvalue weighted by atomic mass is 10.1. The van der Waals surface area contributed by atoms with Crippen LogP contribution >= 0.6 is 0 Å². The Morgan fingerprint density at radius 1 is 1.00 bits per heavy atom. The van der Waals surface area contributed by atoms with Gasteiger partial charge in [0.2, 0.25) is 10.0 Å². The highest BCUT2D eigenvalue weighted by Crippen LogP contribution is 2.15. The minimum Gasteiger partial charge on any atom is -0.497 e. The molecule has 0 saturated carbocycles. The number of rotatable bonds is 8. The number of aromatic carboxylic acids is 1. The average molecular weight is 378 g/mol. The third-order valence-electron chi connectivity index (χ3n) is 3.47. The number of carboxylic acid groups (broad SMARTS) is 1. The number of benzene rings is 2. The van der Waals surface area contributed by atoms with Crippen molar-refractivity contribution in [1.82, 2.24) is 10.0 Å². The topological polar surface area (TPSA) is 122 Å². The molecule has 8 nitrogen and oxygen atoms in total. The molecule has 0 fully saturated rings. The molecule has 2 rings (SSSR count). The quantitative estimate of drug-likeness (QED) is 0.592. The van der Waals surface area contributed by atoms with Gasteiger partial charge in [-0.15, -0.1) is 0 Å². The van der Waals surface area contributed by atoms with Crippen LogP contribution in [-0.2, 0) is 10.0 Å². The summed E-state index contributed by atoms with van der Waals surface area (Å²) in [5.41, 5.74) is -0.109. The Hall–Kier alpha value is -2.91. The van der Waals surface area contributed by atoms with Gasteiger partial charge in [0, 0.05) is 13.1 Å². The first kappa shape index (κ1) is 19.4. The van der Waals surface area contributed by atoms with Gasteiger partial charge in [-0.25, -0.2) is 17.9 Å². The van der Waals surface area contributed by atoms with Crippen molar-refractivity contribution in [3.63, 3.8) is 0 Å². The highest BCUT2D eigenvalue weighted by molar-refractivity contribution is 7.89. The van der Waals surface area contributed by atoms with E-state index in [1.54, 1.807) is 6.07 Å². The number of amides is 1. The summed E-state index contributed by atoms with van der Waals surface area (Å²) in [6, 6.07) is 11.6. The molecule has 9 heteroatoms. The summed E-state index contributed by atoms with van der Waals surface area (Å²) in [7, 11) is -2.24. The molecule has 0 bridgehead atoms. The molecule has 0 aliphatic carbocycles. The molecule has 0 heterocycles. The predicted molar refractivity (Wildman–Crippen MR) is 93.9 cm³/mol. The van der Waals surface area contributed by atoms with Gasteiger partial charge in [0.15, 0.2) is 0 Å². The standard InChI is InChI=1S/C17H18N2O6S/c1-25-12-6-8-13(9-7-12)26(23,24)19-11-10-18-16(20)14-4-2-3-5-15(14)17(21)22/h2-9,19H,10-11H2,1H3,(H,18,20)(H,21,22). The summed E-state index contributed by atoms with van der Waals surface area (Å²) in [5.74, 6) is -1.27. The Bertz CT molecular complexity index is 894. The maximum atomic E-state index is 12.1. The number of ether oxygens (including phenoxy) is 1. The van der Waals surface area contributed by atoms with Crippen LogP contribution < -0.4 is 14.8 Å². The SMILES string of the molecule is COc1ccc(S(=O)(=O)NCCNC(=O)c2ccccc2C(=O)O)cc1. The molecule has 0 radical (unpaired) electrons. The van der Waals surface area contributed by atoms with E-state index in [0.717, 1.165) is 0 Å². The fourth-order valence-electron chi connectivity index (χ4n) is 2.16. The number of carbonyl (C=O) groups excluding carboxylic acids is 1. The first-order valence-electron chi connectivity index (χ1n) is 7.59. The third-order valence-corrected chi connectivity index (χ3v) is 4.95. The van der Waals surface area contributed by atoms with Gasteiger partial charge in [0.1, 0.15) is 5.75 Å². The van der Waals surface area contributed by atoms with Gasteiger partial charge < -0.3 is 15.2 Å². The molecule has 138 valence electrons. The van der Waals surface area contributed by atoms with E-state index >= 15 is 0 Å². The Morgan fingerprint density at radius 3 is 2.19 bits per heavy atom. The summed E-state index contributed by atoms with van der Waals surface area (Å²) in [5, 5.41) is 11.6. The van der Waals surface area contributed by atoms with Crippen LogP contribution in [0.25, 0.3) is 0 Å². The molecule has 0 aromatic heterocycles. The number of nitrogens with one attached hydrogen (secondary N) is 2. The van der Waals surface area contributed by atoms with Crippen LogP contribution in [0, 0.1) is 0 Å². The van der Waals surface area contributed by atoms with Crippen molar-refractivity contribution in [2.75, 3.05) is 20.2 Å². The molecule has 0 saturated heterocycles. The van der Waals surface area contributed by atoms with Crippen LogP contribution in [0.15, 0.2) is 53.4 Å². The molecular weight excluding hydrogens is 360 g/mol. The Labute approximate surface area is 150 Å². The molecule has 0 atom stereocenters.